The van der Waals surface area contributed by atoms with Crippen LogP contribution in [0, 0.1) is 0 Å². The fraction of sp³-hybridized carbons (Fsp3) is 0.524. The molecule has 6 nitrogen and oxygen atoms in total. The molecule has 1 aromatic carbocycles. The van der Waals surface area contributed by atoms with E-state index in [-0.39, 0.29) is 30.0 Å². The molecule has 0 radical (unpaired) electrons. The Hall–Kier alpha value is -1.77. The smallest absolute Gasteiger partial charge is 0.191 e. The lowest BCUT2D eigenvalue weighted by Gasteiger charge is -2.22. The molecule has 28 heavy (non-hydrogen) atoms. The Labute approximate surface area is 185 Å². The minimum atomic E-state index is 0. The van der Waals surface area contributed by atoms with Crippen molar-refractivity contribution in [1.82, 2.24) is 20.4 Å². The molecule has 2 aromatic rings. The monoisotopic (exact) mass is 496 g/mol. The van der Waals surface area contributed by atoms with Gasteiger partial charge in [-0.05, 0) is 56.4 Å². The zero-order valence-electron chi connectivity index (χ0n) is 17.2. The summed E-state index contributed by atoms with van der Waals surface area (Å²) in [7, 11) is 1.94. The van der Waals surface area contributed by atoms with Crippen LogP contribution in [0.2, 0.25) is 0 Å². The zero-order valence-corrected chi connectivity index (χ0v) is 19.5. The van der Waals surface area contributed by atoms with Crippen molar-refractivity contribution in [2.45, 2.75) is 39.2 Å². The molecule has 1 aliphatic heterocycles. The number of aryl methyl sites for hydroxylation is 1. The van der Waals surface area contributed by atoms with E-state index in [1.54, 1.807) is 0 Å². The van der Waals surface area contributed by atoms with Gasteiger partial charge in [-0.3, -0.25) is 9.67 Å². The van der Waals surface area contributed by atoms with Gasteiger partial charge in [0.05, 0.1) is 12.2 Å². The summed E-state index contributed by atoms with van der Waals surface area (Å²) < 4.78 is 1.83. The van der Waals surface area contributed by atoms with Crippen molar-refractivity contribution in [2.24, 2.45) is 12.0 Å². The summed E-state index contributed by atoms with van der Waals surface area (Å²) in [5, 5.41) is 11.1. The van der Waals surface area contributed by atoms with Gasteiger partial charge in [0.15, 0.2) is 5.96 Å². The second kappa shape index (κ2) is 11.3. The summed E-state index contributed by atoms with van der Waals surface area (Å²) in [5.74, 6) is 0.862. The number of aromatic nitrogens is 2. The van der Waals surface area contributed by atoms with E-state index in [9.17, 15) is 0 Å². The average Bonchev–Trinajstić information content (AvgIpc) is 3.34. The molecular formula is C21H33IN6. The Kier molecular flexibility index (Phi) is 9.08. The van der Waals surface area contributed by atoms with Crippen LogP contribution >= 0.6 is 24.0 Å². The van der Waals surface area contributed by atoms with Crippen LogP contribution in [0.4, 0.5) is 5.69 Å². The van der Waals surface area contributed by atoms with E-state index in [1.807, 2.05) is 24.1 Å². The predicted molar refractivity (Wildman–Crippen MR) is 128 cm³/mol. The molecule has 0 spiro atoms. The van der Waals surface area contributed by atoms with Gasteiger partial charge in [-0.15, -0.1) is 24.0 Å². The Morgan fingerprint density at radius 2 is 2.07 bits per heavy atom. The van der Waals surface area contributed by atoms with Crippen molar-refractivity contribution in [3.05, 3.63) is 47.8 Å². The maximum atomic E-state index is 4.73. The molecule has 154 valence electrons. The highest BCUT2D eigenvalue weighted by molar-refractivity contribution is 14.0. The number of aliphatic imine (C=N–C) groups is 1. The summed E-state index contributed by atoms with van der Waals surface area (Å²) in [5.41, 5.74) is 3.83. The highest BCUT2D eigenvalue weighted by Crippen LogP contribution is 2.23. The normalized spacial score (nSPS) is 15.2. The van der Waals surface area contributed by atoms with Crippen LogP contribution < -0.4 is 15.5 Å². The number of nitrogens with one attached hydrogen (secondary N) is 2. The van der Waals surface area contributed by atoms with Gasteiger partial charge in [-0.2, -0.15) is 5.10 Å². The van der Waals surface area contributed by atoms with E-state index in [2.05, 4.69) is 58.7 Å². The fourth-order valence-electron chi connectivity index (χ4n) is 3.47. The van der Waals surface area contributed by atoms with Crippen LogP contribution in [0.15, 0.2) is 41.7 Å². The number of guanidine groups is 1. The molecular weight excluding hydrogens is 463 g/mol. The molecule has 3 rings (SSSR count). The molecule has 0 bridgehead atoms. The Balaban J connectivity index is 0.00000280. The van der Waals surface area contributed by atoms with E-state index < -0.39 is 0 Å². The van der Waals surface area contributed by atoms with Gasteiger partial charge in [-0.25, -0.2) is 0 Å². The van der Waals surface area contributed by atoms with Crippen LogP contribution in [-0.2, 0) is 13.5 Å². The van der Waals surface area contributed by atoms with Crippen molar-refractivity contribution < 1.29 is 0 Å². The molecule has 2 heterocycles. The minimum Gasteiger partial charge on any atom is -0.372 e. The number of halogens is 1. The minimum absolute atomic E-state index is 0. The topological polar surface area (TPSA) is 57.5 Å². The van der Waals surface area contributed by atoms with Gasteiger partial charge in [-0.1, -0.05) is 12.1 Å². The van der Waals surface area contributed by atoms with Gasteiger partial charge in [0.1, 0.15) is 0 Å². The second-order valence-electron chi connectivity index (χ2n) is 7.19. The molecule has 1 unspecified atom stereocenters. The molecule has 0 saturated carbocycles. The summed E-state index contributed by atoms with van der Waals surface area (Å²) in [4.78, 5) is 7.21. The quantitative estimate of drug-likeness (QED) is 0.350. The Morgan fingerprint density at radius 1 is 1.29 bits per heavy atom. The van der Waals surface area contributed by atoms with Crippen molar-refractivity contribution >= 4 is 35.6 Å². The van der Waals surface area contributed by atoms with Gasteiger partial charge >= 0.3 is 0 Å². The summed E-state index contributed by atoms with van der Waals surface area (Å²) >= 11 is 0. The Morgan fingerprint density at radius 3 is 2.75 bits per heavy atom. The number of hydrogen-bond acceptors (Lipinski definition) is 3. The first kappa shape index (κ1) is 22.5. The predicted octanol–water partition coefficient (Wildman–Crippen LogP) is 3.50. The fourth-order valence-corrected chi connectivity index (χ4v) is 3.47. The van der Waals surface area contributed by atoms with Crippen molar-refractivity contribution in [3.63, 3.8) is 0 Å². The molecule has 1 aromatic heterocycles. The van der Waals surface area contributed by atoms with Crippen molar-refractivity contribution in [3.8, 4) is 0 Å². The lowest BCUT2D eigenvalue weighted by Crippen LogP contribution is -2.39. The SMILES string of the molecule is CCNC(=NCCc1cnn(C)c1)NC(C)c1cccc(N2CCCC2)c1.I. The molecule has 0 amide bonds. The maximum absolute atomic E-state index is 4.73. The molecule has 0 aliphatic carbocycles. The Bertz CT molecular complexity index is 751. The first-order valence-corrected chi connectivity index (χ1v) is 10.0. The summed E-state index contributed by atoms with van der Waals surface area (Å²) in [6.45, 7) is 8.21. The highest BCUT2D eigenvalue weighted by atomic mass is 127. The van der Waals surface area contributed by atoms with E-state index in [4.69, 9.17) is 4.99 Å². The molecule has 7 heteroatoms. The number of rotatable bonds is 7. The van der Waals surface area contributed by atoms with E-state index in [1.165, 1.54) is 42.7 Å². The zero-order chi connectivity index (χ0) is 19.1. The third kappa shape index (κ3) is 6.39. The van der Waals surface area contributed by atoms with E-state index in [0.29, 0.717) is 0 Å². The molecule has 1 aliphatic rings. The third-order valence-corrected chi connectivity index (χ3v) is 4.97. The van der Waals surface area contributed by atoms with Crippen LogP contribution in [0.5, 0.6) is 0 Å². The maximum Gasteiger partial charge on any atom is 0.191 e. The molecule has 1 fully saturated rings. The van der Waals surface area contributed by atoms with Gasteiger partial charge in [0, 0.05) is 45.1 Å². The highest BCUT2D eigenvalue weighted by Gasteiger charge is 2.14. The van der Waals surface area contributed by atoms with Crippen molar-refractivity contribution in [2.75, 3.05) is 31.1 Å². The van der Waals surface area contributed by atoms with E-state index >= 15 is 0 Å². The number of anilines is 1. The average molecular weight is 496 g/mol. The first-order valence-electron chi connectivity index (χ1n) is 10.0. The van der Waals surface area contributed by atoms with Crippen molar-refractivity contribution in [1.29, 1.82) is 0 Å². The van der Waals surface area contributed by atoms with Gasteiger partial charge in [0.2, 0.25) is 0 Å². The largest absolute Gasteiger partial charge is 0.372 e. The molecule has 2 N–H and O–H groups in total. The summed E-state index contributed by atoms with van der Waals surface area (Å²) in [6.07, 6.45) is 7.44. The standard InChI is InChI=1S/C21H32N6.HI/c1-4-22-21(23-11-10-18-15-24-26(3)16-18)25-17(2)19-8-7-9-20(14-19)27-12-5-6-13-27;/h7-9,14-17H,4-6,10-13H2,1-3H3,(H2,22,23,25);1H. The van der Waals surface area contributed by atoms with Crippen LogP contribution in [0.3, 0.4) is 0 Å². The van der Waals surface area contributed by atoms with Gasteiger partial charge < -0.3 is 15.5 Å². The third-order valence-electron chi connectivity index (χ3n) is 4.97. The number of benzene rings is 1. The van der Waals surface area contributed by atoms with Crippen LogP contribution in [0.25, 0.3) is 0 Å². The lowest BCUT2D eigenvalue weighted by atomic mass is 10.1. The molecule has 1 saturated heterocycles. The van der Waals surface area contributed by atoms with Crippen LogP contribution in [-0.4, -0.2) is 41.9 Å². The van der Waals surface area contributed by atoms with Crippen LogP contribution in [0.1, 0.15) is 43.9 Å². The van der Waals surface area contributed by atoms with Gasteiger partial charge in [0.25, 0.3) is 0 Å². The second-order valence-corrected chi connectivity index (χ2v) is 7.19. The number of nitrogens with zero attached hydrogens (tertiary/aromatic N) is 4. The summed E-state index contributed by atoms with van der Waals surface area (Å²) in [6, 6.07) is 9.07. The van der Waals surface area contributed by atoms with E-state index in [0.717, 1.165) is 25.5 Å². The first-order chi connectivity index (χ1) is 13.2. The molecule has 1 atom stereocenters. The lowest BCUT2D eigenvalue weighted by molar-refractivity contribution is 0.685. The number of hydrogen-bond donors (Lipinski definition) is 2.